The molecule has 0 unspecified atom stereocenters. The summed E-state index contributed by atoms with van der Waals surface area (Å²) >= 11 is 0. The Labute approximate surface area is 174 Å². The molecule has 2 aliphatic heterocycles. The van der Waals surface area contributed by atoms with E-state index in [1.165, 1.54) is 0 Å². The van der Waals surface area contributed by atoms with E-state index in [2.05, 4.69) is 10.3 Å². The Hall–Kier alpha value is -3.81. The first kappa shape index (κ1) is 19.5. The van der Waals surface area contributed by atoms with Gasteiger partial charge in [-0.1, -0.05) is 24.3 Å². The maximum atomic E-state index is 12.2. The lowest BCUT2D eigenvalue weighted by atomic mass is 10.2. The average Bonchev–Trinajstić information content (AvgIpc) is 3.15. The number of para-hydroxylation sites is 1. The minimum Gasteiger partial charge on any atom is -0.497 e. The van der Waals surface area contributed by atoms with Crippen LogP contribution in [0.15, 0.2) is 71.5 Å². The minimum atomic E-state index is -0.464. The summed E-state index contributed by atoms with van der Waals surface area (Å²) in [5, 5.41) is 11.4. The van der Waals surface area contributed by atoms with Crippen LogP contribution in [0, 0.1) is 5.41 Å². The molecule has 154 valence electrons. The number of esters is 1. The zero-order valence-electron chi connectivity index (χ0n) is 16.7. The molecule has 0 amide bonds. The molecule has 0 radical (unpaired) electrons. The third-order valence-corrected chi connectivity index (χ3v) is 4.91. The van der Waals surface area contributed by atoms with Gasteiger partial charge in [0.15, 0.2) is 11.7 Å². The molecule has 8 nitrogen and oxygen atoms in total. The van der Waals surface area contributed by atoms with Gasteiger partial charge in [-0.2, -0.15) is 0 Å². The van der Waals surface area contributed by atoms with E-state index in [0.717, 1.165) is 5.69 Å². The number of benzene rings is 2. The van der Waals surface area contributed by atoms with E-state index in [1.807, 2.05) is 58.3 Å². The minimum absolute atomic E-state index is 0.276. The van der Waals surface area contributed by atoms with Crippen molar-refractivity contribution in [2.75, 3.05) is 38.6 Å². The molecule has 0 saturated carbocycles. The van der Waals surface area contributed by atoms with E-state index in [1.54, 1.807) is 19.4 Å². The highest BCUT2D eigenvalue weighted by Crippen LogP contribution is 2.20. The van der Waals surface area contributed by atoms with Gasteiger partial charge in [0.2, 0.25) is 5.90 Å². The number of hydrogen-bond donors (Lipinski definition) is 2. The van der Waals surface area contributed by atoms with Gasteiger partial charge in [0.1, 0.15) is 5.75 Å². The van der Waals surface area contributed by atoms with Crippen LogP contribution in [0.2, 0.25) is 0 Å². The van der Waals surface area contributed by atoms with Gasteiger partial charge < -0.3 is 24.6 Å². The number of carbonyl (C=O) groups excluding carboxylic acids is 1. The standard InChI is InChI=1S/C22H23N5O3/c1-29-18-9-5-6-16(14-18)20-25-19(21(28)30-20)15-26-10-12-27(13-11-26)22(23)24-17-7-3-2-4-8-17/h2-9,14-15H,10-13H2,1H3,(H2,23,24). The van der Waals surface area contributed by atoms with Crippen molar-refractivity contribution in [2.45, 2.75) is 0 Å². The number of guanidine groups is 1. The summed E-state index contributed by atoms with van der Waals surface area (Å²) in [5.41, 5.74) is 1.86. The van der Waals surface area contributed by atoms with Crippen LogP contribution in [0.4, 0.5) is 5.69 Å². The molecular weight excluding hydrogens is 382 g/mol. The second-order valence-corrected chi connectivity index (χ2v) is 6.92. The highest BCUT2D eigenvalue weighted by atomic mass is 16.6. The van der Waals surface area contributed by atoms with E-state index in [4.69, 9.17) is 14.9 Å². The molecule has 0 aliphatic carbocycles. The van der Waals surface area contributed by atoms with Gasteiger partial charge in [-0.3, -0.25) is 5.41 Å². The normalized spacial score (nSPS) is 17.6. The summed E-state index contributed by atoms with van der Waals surface area (Å²) in [6.07, 6.45) is 1.74. The lowest BCUT2D eigenvalue weighted by molar-refractivity contribution is -0.130. The Kier molecular flexibility index (Phi) is 5.65. The van der Waals surface area contributed by atoms with E-state index >= 15 is 0 Å². The third kappa shape index (κ3) is 4.43. The predicted molar refractivity (Wildman–Crippen MR) is 115 cm³/mol. The molecule has 2 aromatic carbocycles. The van der Waals surface area contributed by atoms with Crippen molar-refractivity contribution in [1.29, 1.82) is 5.41 Å². The van der Waals surface area contributed by atoms with Crippen molar-refractivity contribution in [3.63, 3.8) is 0 Å². The molecule has 2 aliphatic rings. The highest BCUT2D eigenvalue weighted by Gasteiger charge is 2.26. The summed E-state index contributed by atoms with van der Waals surface area (Å²) in [4.78, 5) is 20.6. The molecule has 1 fully saturated rings. The Balaban J connectivity index is 1.37. The van der Waals surface area contributed by atoms with Gasteiger partial charge in [0.05, 0.1) is 7.11 Å². The molecule has 30 heavy (non-hydrogen) atoms. The molecule has 4 rings (SSSR count). The molecule has 0 aromatic heterocycles. The molecule has 2 aromatic rings. The van der Waals surface area contributed by atoms with Crippen LogP contribution < -0.4 is 10.1 Å². The molecule has 2 heterocycles. The van der Waals surface area contributed by atoms with Crippen LogP contribution in [0.5, 0.6) is 5.75 Å². The zero-order chi connectivity index (χ0) is 20.9. The van der Waals surface area contributed by atoms with Crippen molar-refractivity contribution in [2.24, 2.45) is 4.99 Å². The second kappa shape index (κ2) is 8.69. The lowest BCUT2D eigenvalue weighted by Gasteiger charge is -2.35. The smallest absolute Gasteiger partial charge is 0.365 e. The maximum absolute atomic E-state index is 12.2. The number of rotatable bonds is 4. The topological polar surface area (TPSA) is 90.3 Å². The zero-order valence-corrected chi connectivity index (χ0v) is 16.7. The Morgan fingerprint density at radius 2 is 1.90 bits per heavy atom. The van der Waals surface area contributed by atoms with E-state index in [0.29, 0.717) is 43.5 Å². The maximum Gasteiger partial charge on any atom is 0.365 e. The number of cyclic esters (lactones) is 1. The van der Waals surface area contributed by atoms with Gasteiger partial charge in [-0.15, -0.1) is 0 Å². The van der Waals surface area contributed by atoms with Gasteiger partial charge in [0, 0.05) is 43.6 Å². The van der Waals surface area contributed by atoms with Crippen molar-refractivity contribution in [3.05, 3.63) is 72.1 Å². The van der Waals surface area contributed by atoms with Gasteiger partial charge in [-0.05, 0) is 30.3 Å². The van der Waals surface area contributed by atoms with Crippen LogP contribution in [0.1, 0.15) is 5.56 Å². The van der Waals surface area contributed by atoms with Crippen LogP contribution in [-0.2, 0) is 9.53 Å². The number of methoxy groups -OCH3 is 1. The van der Waals surface area contributed by atoms with Crippen molar-refractivity contribution >= 4 is 23.5 Å². The summed E-state index contributed by atoms with van der Waals surface area (Å²) in [7, 11) is 1.58. The fourth-order valence-electron chi connectivity index (χ4n) is 3.26. The van der Waals surface area contributed by atoms with Crippen LogP contribution in [0.25, 0.3) is 0 Å². The number of piperazine rings is 1. The quantitative estimate of drug-likeness (QED) is 0.352. The SMILES string of the molecule is COc1cccc(C2=NC(=CN3CCN(C(=N)Nc4ccccc4)CC3)C(=O)O2)c1. The molecule has 8 heteroatoms. The van der Waals surface area contributed by atoms with Crippen LogP contribution in [0.3, 0.4) is 0 Å². The Bertz CT molecular complexity index is 995. The first-order chi connectivity index (χ1) is 14.6. The van der Waals surface area contributed by atoms with E-state index in [9.17, 15) is 4.79 Å². The second-order valence-electron chi connectivity index (χ2n) is 6.92. The molecule has 2 N–H and O–H groups in total. The monoisotopic (exact) mass is 405 g/mol. The summed E-state index contributed by atoms with van der Waals surface area (Å²) in [6, 6.07) is 16.9. The van der Waals surface area contributed by atoms with Gasteiger partial charge in [-0.25, -0.2) is 9.79 Å². The summed E-state index contributed by atoms with van der Waals surface area (Å²) < 4.78 is 10.5. The van der Waals surface area contributed by atoms with Crippen molar-refractivity contribution in [3.8, 4) is 5.75 Å². The van der Waals surface area contributed by atoms with Crippen LogP contribution in [-0.4, -0.2) is 60.9 Å². The van der Waals surface area contributed by atoms with Gasteiger partial charge >= 0.3 is 5.97 Å². The first-order valence-corrected chi connectivity index (χ1v) is 9.69. The number of aliphatic imine (C=N–C) groups is 1. The Morgan fingerprint density at radius 3 is 2.63 bits per heavy atom. The number of hydrogen-bond acceptors (Lipinski definition) is 6. The number of anilines is 1. The van der Waals surface area contributed by atoms with Crippen LogP contribution >= 0.6 is 0 Å². The average molecular weight is 405 g/mol. The number of carbonyl (C=O) groups is 1. The third-order valence-electron chi connectivity index (χ3n) is 4.91. The molecule has 1 saturated heterocycles. The Morgan fingerprint density at radius 1 is 1.13 bits per heavy atom. The summed E-state index contributed by atoms with van der Waals surface area (Å²) in [6.45, 7) is 2.70. The van der Waals surface area contributed by atoms with E-state index < -0.39 is 5.97 Å². The molecular formula is C22H23N5O3. The van der Waals surface area contributed by atoms with E-state index in [-0.39, 0.29) is 11.6 Å². The predicted octanol–water partition coefficient (Wildman–Crippen LogP) is 2.50. The van der Waals surface area contributed by atoms with Gasteiger partial charge in [0.25, 0.3) is 0 Å². The number of nitrogens with one attached hydrogen (secondary N) is 2. The number of ether oxygens (including phenoxy) is 2. The fourth-order valence-corrected chi connectivity index (χ4v) is 3.26. The highest BCUT2D eigenvalue weighted by molar-refractivity contribution is 6.11. The van der Waals surface area contributed by atoms with Crippen molar-refractivity contribution in [1.82, 2.24) is 9.80 Å². The largest absolute Gasteiger partial charge is 0.497 e. The molecule has 0 atom stereocenters. The number of nitrogens with zero attached hydrogens (tertiary/aromatic N) is 3. The molecule has 0 spiro atoms. The lowest BCUT2D eigenvalue weighted by Crippen LogP contribution is -2.48. The molecule has 0 bridgehead atoms. The first-order valence-electron chi connectivity index (χ1n) is 9.69. The fraction of sp³-hybridized carbons (Fsp3) is 0.227. The van der Waals surface area contributed by atoms with Crippen molar-refractivity contribution < 1.29 is 14.3 Å². The summed E-state index contributed by atoms with van der Waals surface area (Å²) in [5.74, 6) is 0.852.